The number of fused-ring (bicyclic) bond motifs is 1. The van der Waals surface area contributed by atoms with Crippen molar-refractivity contribution in [3.05, 3.63) is 42.1 Å². The molecule has 1 aromatic carbocycles. The van der Waals surface area contributed by atoms with E-state index in [1.54, 1.807) is 38.2 Å². The summed E-state index contributed by atoms with van der Waals surface area (Å²) >= 11 is 0. The van der Waals surface area contributed by atoms with Crippen molar-refractivity contribution >= 4 is 40.9 Å². The number of benzene rings is 1. The first-order chi connectivity index (χ1) is 15.8. The molecule has 0 saturated carbocycles. The predicted molar refractivity (Wildman–Crippen MR) is 120 cm³/mol. The van der Waals surface area contributed by atoms with Crippen LogP contribution < -0.4 is 10.6 Å². The minimum Gasteiger partial charge on any atom is -0.471 e. The molecule has 33 heavy (non-hydrogen) atoms. The van der Waals surface area contributed by atoms with Gasteiger partial charge >= 0.3 is 0 Å². The van der Waals surface area contributed by atoms with Crippen LogP contribution in [-0.4, -0.2) is 72.1 Å². The normalized spacial score (nSPS) is 14.8. The van der Waals surface area contributed by atoms with Gasteiger partial charge in [0.1, 0.15) is 6.04 Å². The van der Waals surface area contributed by atoms with Crippen LogP contribution in [0.4, 0.5) is 0 Å². The van der Waals surface area contributed by atoms with Crippen LogP contribution in [0.3, 0.4) is 0 Å². The molecule has 10 nitrogen and oxygen atoms in total. The third-order valence-corrected chi connectivity index (χ3v) is 4.91. The molecule has 1 atom stereocenters. The average Bonchev–Trinajstić information content (AvgIpc) is 3.31. The van der Waals surface area contributed by atoms with E-state index >= 15 is 0 Å². The summed E-state index contributed by atoms with van der Waals surface area (Å²) in [6, 6.07) is 7.91. The van der Waals surface area contributed by atoms with Crippen LogP contribution in [0, 0.1) is 0 Å². The summed E-state index contributed by atoms with van der Waals surface area (Å²) in [5, 5.41) is 5.88. The Hall–Kier alpha value is -3.82. The van der Waals surface area contributed by atoms with E-state index in [9.17, 15) is 19.2 Å². The summed E-state index contributed by atoms with van der Waals surface area (Å²) in [4.78, 5) is 64.2. The number of hydrogen-bond acceptors (Lipinski definition) is 7. The number of likely N-dealkylation sites (tertiary alicyclic amines) is 1. The molecule has 1 fully saturated rings. The van der Waals surface area contributed by atoms with Crippen LogP contribution in [0.15, 0.2) is 36.5 Å². The van der Waals surface area contributed by atoms with E-state index in [2.05, 4.69) is 20.4 Å². The van der Waals surface area contributed by atoms with Gasteiger partial charge in [0.05, 0.1) is 24.7 Å². The highest BCUT2D eigenvalue weighted by Crippen LogP contribution is 2.19. The zero-order chi connectivity index (χ0) is 24.4. The highest BCUT2D eigenvalue weighted by Gasteiger charge is 2.37. The number of nitrogens with one attached hydrogen (secondary N) is 2. The van der Waals surface area contributed by atoms with Crippen molar-refractivity contribution < 1.29 is 28.7 Å². The molecule has 3 rings (SSSR count). The number of amides is 3. The smallest absolute Gasteiger partial charge is 0.292 e. The second-order valence-corrected chi connectivity index (χ2v) is 7.63. The van der Waals surface area contributed by atoms with Crippen LogP contribution >= 0.6 is 0 Å². The Morgan fingerprint density at radius 2 is 1.91 bits per heavy atom. The van der Waals surface area contributed by atoms with Crippen molar-refractivity contribution in [2.45, 2.75) is 38.8 Å². The quantitative estimate of drug-likeness (QED) is 0.466. The maximum absolute atomic E-state index is 12.6. The zero-order valence-corrected chi connectivity index (χ0v) is 18.9. The number of carbonyl (C=O) groups excluding carboxylic acids is 5. The molecular weight excluding hydrogens is 428 g/mol. The van der Waals surface area contributed by atoms with Gasteiger partial charge in [0.2, 0.25) is 11.7 Å². The van der Waals surface area contributed by atoms with Crippen LogP contribution in [0.1, 0.15) is 37.0 Å². The maximum atomic E-state index is 12.6. The highest BCUT2D eigenvalue weighted by atomic mass is 16.5. The van der Waals surface area contributed by atoms with Crippen LogP contribution in [0.25, 0.3) is 10.9 Å². The molecule has 0 aliphatic carbocycles. The van der Waals surface area contributed by atoms with Gasteiger partial charge in [-0.05, 0) is 38.8 Å². The van der Waals surface area contributed by atoms with Crippen molar-refractivity contribution in [1.29, 1.82) is 0 Å². The van der Waals surface area contributed by atoms with Crippen molar-refractivity contribution in [2.24, 2.45) is 0 Å². The minimum atomic E-state index is -0.778. The van der Waals surface area contributed by atoms with Gasteiger partial charge in [0, 0.05) is 24.2 Å². The summed E-state index contributed by atoms with van der Waals surface area (Å²) in [7, 11) is 1.31. The molecule has 1 unspecified atom stereocenters. The Kier molecular flexibility index (Phi) is 9.46. The minimum absolute atomic E-state index is 0.161. The van der Waals surface area contributed by atoms with Gasteiger partial charge in [-0.2, -0.15) is 0 Å². The first-order valence-electron chi connectivity index (χ1n) is 10.5. The molecule has 2 N–H and O–H groups in total. The van der Waals surface area contributed by atoms with Crippen molar-refractivity contribution in [3.63, 3.8) is 0 Å². The second kappa shape index (κ2) is 12.3. The summed E-state index contributed by atoms with van der Waals surface area (Å²) in [6.45, 7) is 4.05. The fourth-order valence-electron chi connectivity index (χ4n) is 3.47. The first-order valence-corrected chi connectivity index (χ1v) is 10.5. The van der Waals surface area contributed by atoms with Gasteiger partial charge in [-0.15, -0.1) is 0 Å². The number of pyridine rings is 1. The third kappa shape index (κ3) is 6.83. The van der Waals surface area contributed by atoms with Gasteiger partial charge in [-0.25, -0.2) is 0 Å². The third-order valence-electron chi connectivity index (χ3n) is 4.91. The molecule has 1 aliphatic rings. The number of rotatable bonds is 7. The number of aromatic nitrogens is 1. The Morgan fingerprint density at radius 3 is 2.58 bits per heavy atom. The second-order valence-electron chi connectivity index (χ2n) is 7.63. The van der Waals surface area contributed by atoms with Gasteiger partial charge in [0.15, 0.2) is 0 Å². The number of Topliss-reactive ketones (excluding diaryl/α,β-unsaturated/α-hetero) is 1. The highest BCUT2D eigenvalue weighted by molar-refractivity contribution is 6.38. The van der Waals surface area contributed by atoms with Crippen molar-refractivity contribution in [2.75, 3.05) is 20.2 Å². The Bertz CT molecular complexity index is 1020. The van der Waals surface area contributed by atoms with E-state index in [0.717, 1.165) is 0 Å². The molecule has 0 bridgehead atoms. The molecule has 2 heterocycles. The van der Waals surface area contributed by atoms with E-state index in [-0.39, 0.29) is 18.5 Å². The molecule has 1 saturated heterocycles. The molecule has 2 aromatic rings. The van der Waals surface area contributed by atoms with E-state index in [0.29, 0.717) is 42.3 Å². The fourth-order valence-corrected chi connectivity index (χ4v) is 3.47. The largest absolute Gasteiger partial charge is 0.471 e. The Balaban J connectivity index is 0.000000890. The van der Waals surface area contributed by atoms with E-state index in [4.69, 9.17) is 4.79 Å². The number of methoxy groups -OCH3 is 1. The lowest BCUT2D eigenvalue weighted by atomic mass is 10.1. The SMILES string of the molecule is CC(C)NC(=O)C(=O)C1CCCN1C(=O)CNC(=O)c1ccnc2ccccc12.COC=O. The van der Waals surface area contributed by atoms with Crippen molar-refractivity contribution in [3.8, 4) is 0 Å². The number of ether oxygens (including phenoxy) is 1. The summed E-state index contributed by atoms with van der Waals surface area (Å²) in [6.07, 6.45) is 2.63. The number of ketones is 1. The number of para-hydroxylation sites is 1. The van der Waals surface area contributed by atoms with Gasteiger partial charge in [-0.1, -0.05) is 18.2 Å². The topological polar surface area (TPSA) is 135 Å². The lowest BCUT2D eigenvalue weighted by Gasteiger charge is -2.23. The fraction of sp³-hybridized carbons (Fsp3) is 0.391. The Morgan fingerprint density at radius 1 is 1.21 bits per heavy atom. The van der Waals surface area contributed by atoms with E-state index in [1.807, 2.05) is 12.1 Å². The van der Waals surface area contributed by atoms with Crippen LogP contribution in [0.5, 0.6) is 0 Å². The standard InChI is InChI=1S/C21H24N4O4.C2H4O2/c1-13(2)24-21(29)19(27)17-8-5-11-25(17)18(26)12-23-20(28)15-9-10-22-16-7-4-3-6-14(15)16;1-4-2-3/h3-4,6-7,9-10,13,17H,5,8,11-12H2,1-2H3,(H,23,28)(H,24,29);2H,1H3. The molecule has 176 valence electrons. The Labute approximate surface area is 191 Å². The maximum Gasteiger partial charge on any atom is 0.292 e. The predicted octanol–water partition coefficient (Wildman–Crippen LogP) is 0.839. The monoisotopic (exact) mass is 456 g/mol. The lowest BCUT2D eigenvalue weighted by molar-refractivity contribution is -0.144. The molecule has 0 radical (unpaired) electrons. The van der Waals surface area contributed by atoms with Crippen molar-refractivity contribution in [1.82, 2.24) is 20.5 Å². The molecular formula is C23H28N4O6. The summed E-state index contributed by atoms with van der Waals surface area (Å²) < 4.78 is 3.86. The number of hydrogen-bond donors (Lipinski definition) is 2. The van der Waals surface area contributed by atoms with Crippen LogP contribution in [-0.2, 0) is 23.9 Å². The molecule has 3 amide bonds. The summed E-state index contributed by atoms with van der Waals surface area (Å²) in [5.74, 6) is -2.07. The number of nitrogens with zero attached hydrogens (tertiary/aromatic N) is 2. The molecule has 10 heteroatoms. The van der Waals surface area contributed by atoms with E-state index < -0.39 is 23.6 Å². The lowest BCUT2D eigenvalue weighted by Crippen LogP contribution is -2.50. The average molecular weight is 456 g/mol. The van der Waals surface area contributed by atoms with Gasteiger partial charge < -0.3 is 20.3 Å². The molecule has 1 aliphatic heterocycles. The first kappa shape index (κ1) is 25.4. The van der Waals surface area contributed by atoms with E-state index in [1.165, 1.54) is 12.0 Å². The molecule has 1 aromatic heterocycles. The van der Waals surface area contributed by atoms with Gasteiger partial charge in [-0.3, -0.25) is 29.0 Å². The number of carbonyl (C=O) groups is 5. The molecule has 0 spiro atoms. The zero-order valence-electron chi connectivity index (χ0n) is 18.9. The summed E-state index contributed by atoms with van der Waals surface area (Å²) in [5.41, 5.74) is 1.11. The van der Waals surface area contributed by atoms with Crippen LogP contribution in [0.2, 0.25) is 0 Å². The van der Waals surface area contributed by atoms with Gasteiger partial charge in [0.25, 0.3) is 18.3 Å².